The number of rotatable bonds is 4. The molecule has 0 spiro atoms. The van der Waals surface area contributed by atoms with E-state index in [9.17, 15) is 9.90 Å². The van der Waals surface area contributed by atoms with Gasteiger partial charge in [-0.2, -0.15) is 0 Å². The first-order valence-corrected chi connectivity index (χ1v) is 4.80. The molecule has 0 heterocycles. The number of Topliss-reactive ketones (excluding diaryl/α,β-unsaturated/α-hetero) is 1. The van der Waals surface area contributed by atoms with Crippen molar-refractivity contribution in [1.82, 2.24) is 0 Å². The lowest BCUT2D eigenvalue weighted by Gasteiger charge is -2.17. The average Bonchev–Trinajstić information content (AvgIpc) is 2.17. The Morgan fingerprint density at radius 3 is 2.27 bits per heavy atom. The lowest BCUT2D eigenvalue weighted by Crippen LogP contribution is -2.15. The van der Waals surface area contributed by atoms with E-state index in [2.05, 4.69) is 0 Å². The van der Waals surface area contributed by atoms with Gasteiger partial charge in [0.2, 0.25) is 0 Å². The summed E-state index contributed by atoms with van der Waals surface area (Å²) in [5, 5.41) is 9.71. The van der Waals surface area contributed by atoms with Crippen LogP contribution >= 0.6 is 0 Å². The first-order valence-electron chi connectivity index (χ1n) is 4.80. The minimum Gasteiger partial charge on any atom is -0.386 e. The van der Waals surface area contributed by atoms with E-state index >= 15 is 0 Å². The zero-order valence-electron chi connectivity index (χ0n) is 9.28. The Bertz CT molecular complexity index is 333. The van der Waals surface area contributed by atoms with E-state index in [1.54, 1.807) is 38.1 Å². The van der Waals surface area contributed by atoms with Crippen molar-refractivity contribution in [3.05, 3.63) is 35.4 Å². The molecule has 3 heteroatoms. The number of carbonyl (C=O) groups excluding carboxylic acids is 1. The number of hydrogen-bond acceptors (Lipinski definition) is 3. The molecule has 0 unspecified atom stereocenters. The van der Waals surface area contributed by atoms with Crippen molar-refractivity contribution in [2.45, 2.75) is 19.4 Å². The van der Waals surface area contributed by atoms with Crippen LogP contribution in [0.4, 0.5) is 0 Å². The van der Waals surface area contributed by atoms with Crippen LogP contribution in [0.25, 0.3) is 0 Å². The summed E-state index contributed by atoms with van der Waals surface area (Å²) in [6.07, 6.45) is 0. The zero-order chi connectivity index (χ0) is 11.5. The molecule has 1 N–H and O–H groups in total. The Kier molecular flexibility index (Phi) is 3.61. The van der Waals surface area contributed by atoms with Crippen LogP contribution in [0.5, 0.6) is 0 Å². The van der Waals surface area contributed by atoms with Gasteiger partial charge in [0.25, 0.3) is 0 Å². The van der Waals surface area contributed by atoms with Crippen molar-refractivity contribution >= 4 is 5.78 Å². The minimum absolute atomic E-state index is 0.0557. The number of ether oxygens (including phenoxy) is 1. The molecule has 1 aromatic carbocycles. The standard InChI is InChI=1S/C12H16O3/c1-12(2,14)10-6-4-9(5-7-10)11(13)8-15-3/h4-7,14H,8H2,1-3H3. The fourth-order valence-electron chi connectivity index (χ4n) is 1.28. The number of methoxy groups -OCH3 is 1. The highest BCUT2D eigenvalue weighted by Gasteiger charge is 2.15. The highest BCUT2D eigenvalue weighted by Crippen LogP contribution is 2.19. The van der Waals surface area contributed by atoms with Crippen LogP contribution in [0.3, 0.4) is 0 Å². The molecule has 0 radical (unpaired) electrons. The molecule has 0 saturated carbocycles. The molecule has 0 bridgehead atoms. The Morgan fingerprint density at radius 1 is 1.33 bits per heavy atom. The summed E-state index contributed by atoms with van der Waals surface area (Å²) < 4.78 is 4.76. The highest BCUT2D eigenvalue weighted by atomic mass is 16.5. The predicted molar refractivity (Wildman–Crippen MR) is 57.9 cm³/mol. The Hall–Kier alpha value is -1.19. The summed E-state index contributed by atoms with van der Waals surface area (Å²) in [6.45, 7) is 3.50. The average molecular weight is 208 g/mol. The van der Waals surface area contributed by atoms with E-state index in [1.165, 1.54) is 7.11 Å². The smallest absolute Gasteiger partial charge is 0.188 e. The van der Waals surface area contributed by atoms with Crippen LogP contribution in [0.15, 0.2) is 24.3 Å². The molecule has 3 nitrogen and oxygen atoms in total. The summed E-state index contributed by atoms with van der Waals surface area (Å²) >= 11 is 0. The first-order chi connectivity index (χ1) is 6.95. The minimum atomic E-state index is -0.872. The van der Waals surface area contributed by atoms with Gasteiger partial charge in [0.1, 0.15) is 6.61 Å². The quantitative estimate of drug-likeness (QED) is 0.767. The second kappa shape index (κ2) is 4.55. The van der Waals surface area contributed by atoms with Crippen molar-refractivity contribution in [2.24, 2.45) is 0 Å². The second-order valence-electron chi connectivity index (χ2n) is 3.99. The molecule has 1 aromatic rings. The van der Waals surface area contributed by atoms with Crippen molar-refractivity contribution in [1.29, 1.82) is 0 Å². The van der Waals surface area contributed by atoms with Gasteiger partial charge in [-0.15, -0.1) is 0 Å². The molecular weight excluding hydrogens is 192 g/mol. The molecular formula is C12H16O3. The number of ketones is 1. The van der Waals surface area contributed by atoms with E-state index in [0.717, 1.165) is 5.56 Å². The van der Waals surface area contributed by atoms with E-state index in [-0.39, 0.29) is 12.4 Å². The van der Waals surface area contributed by atoms with Gasteiger partial charge in [0, 0.05) is 12.7 Å². The maximum absolute atomic E-state index is 11.4. The zero-order valence-corrected chi connectivity index (χ0v) is 9.28. The topological polar surface area (TPSA) is 46.5 Å². The molecule has 0 aliphatic heterocycles. The molecule has 0 aromatic heterocycles. The third kappa shape index (κ3) is 3.15. The molecule has 1 rings (SSSR count). The van der Waals surface area contributed by atoms with Gasteiger partial charge in [0.05, 0.1) is 5.60 Å². The van der Waals surface area contributed by atoms with Crippen molar-refractivity contribution in [3.8, 4) is 0 Å². The summed E-state index contributed by atoms with van der Waals surface area (Å²) in [5.41, 5.74) is 0.518. The fraction of sp³-hybridized carbons (Fsp3) is 0.417. The first kappa shape index (κ1) is 11.9. The van der Waals surface area contributed by atoms with Gasteiger partial charge < -0.3 is 9.84 Å². The maximum Gasteiger partial charge on any atom is 0.188 e. The van der Waals surface area contributed by atoms with E-state index in [0.29, 0.717) is 5.56 Å². The number of hydrogen-bond donors (Lipinski definition) is 1. The van der Waals surface area contributed by atoms with Crippen LogP contribution < -0.4 is 0 Å². The normalized spacial score (nSPS) is 11.5. The monoisotopic (exact) mass is 208 g/mol. The summed E-state index contributed by atoms with van der Waals surface area (Å²) in [7, 11) is 1.49. The van der Waals surface area contributed by atoms with Gasteiger partial charge >= 0.3 is 0 Å². The molecule has 0 aliphatic carbocycles. The Balaban J connectivity index is 2.86. The third-order valence-corrected chi connectivity index (χ3v) is 2.19. The molecule has 0 saturated heterocycles. The summed E-state index contributed by atoms with van der Waals surface area (Å²) in [4.78, 5) is 11.4. The van der Waals surface area contributed by atoms with Crippen LogP contribution in [0.1, 0.15) is 29.8 Å². The SMILES string of the molecule is COCC(=O)c1ccc(C(C)(C)O)cc1. The summed E-state index contributed by atoms with van der Waals surface area (Å²) in [5.74, 6) is -0.0557. The number of aliphatic hydroxyl groups is 1. The van der Waals surface area contributed by atoms with Gasteiger partial charge in [-0.25, -0.2) is 0 Å². The maximum atomic E-state index is 11.4. The van der Waals surface area contributed by atoms with E-state index < -0.39 is 5.60 Å². The summed E-state index contributed by atoms with van der Waals surface area (Å²) in [6, 6.07) is 6.91. The third-order valence-electron chi connectivity index (χ3n) is 2.19. The largest absolute Gasteiger partial charge is 0.386 e. The molecule has 0 aliphatic rings. The Labute approximate surface area is 89.7 Å². The van der Waals surface area contributed by atoms with Gasteiger partial charge in [-0.3, -0.25) is 4.79 Å². The lowest BCUT2D eigenvalue weighted by molar-refractivity contribution is 0.0781. The van der Waals surface area contributed by atoms with Crippen LogP contribution in [0.2, 0.25) is 0 Å². The van der Waals surface area contributed by atoms with Gasteiger partial charge in [-0.05, 0) is 19.4 Å². The lowest BCUT2D eigenvalue weighted by atomic mass is 9.97. The Morgan fingerprint density at radius 2 is 1.87 bits per heavy atom. The van der Waals surface area contributed by atoms with Crippen molar-refractivity contribution in [2.75, 3.05) is 13.7 Å². The highest BCUT2D eigenvalue weighted by molar-refractivity contribution is 5.97. The molecule has 0 fully saturated rings. The molecule has 82 valence electrons. The van der Waals surface area contributed by atoms with Crippen molar-refractivity contribution < 1.29 is 14.6 Å². The molecule has 0 atom stereocenters. The van der Waals surface area contributed by atoms with Crippen LogP contribution in [0, 0.1) is 0 Å². The van der Waals surface area contributed by atoms with Crippen LogP contribution in [-0.2, 0) is 10.3 Å². The van der Waals surface area contributed by atoms with Crippen molar-refractivity contribution in [3.63, 3.8) is 0 Å². The van der Waals surface area contributed by atoms with Gasteiger partial charge in [-0.1, -0.05) is 24.3 Å². The second-order valence-corrected chi connectivity index (χ2v) is 3.99. The fourth-order valence-corrected chi connectivity index (χ4v) is 1.28. The number of carbonyl (C=O) groups is 1. The van der Waals surface area contributed by atoms with Gasteiger partial charge in [0.15, 0.2) is 5.78 Å². The molecule has 15 heavy (non-hydrogen) atoms. The van der Waals surface area contributed by atoms with E-state index in [1.807, 2.05) is 0 Å². The van der Waals surface area contributed by atoms with E-state index in [4.69, 9.17) is 4.74 Å². The van der Waals surface area contributed by atoms with Crippen LogP contribution in [-0.4, -0.2) is 24.6 Å². The predicted octanol–water partition coefficient (Wildman–Crippen LogP) is 1.74. The number of benzene rings is 1. The molecule has 0 amide bonds.